The minimum absolute atomic E-state index is 0.128. The lowest BCUT2D eigenvalue weighted by atomic mass is 9.98. The number of carbonyl (C=O) groups excluding carboxylic acids is 2. The Morgan fingerprint density at radius 2 is 2.04 bits per heavy atom. The monoisotopic (exact) mass is 382 g/mol. The molecule has 1 fully saturated rings. The van der Waals surface area contributed by atoms with E-state index in [1.807, 2.05) is 18.2 Å². The summed E-state index contributed by atoms with van der Waals surface area (Å²) in [4.78, 5) is 26.8. The van der Waals surface area contributed by atoms with Crippen molar-refractivity contribution in [2.24, 2.45) is 0 Å². The minimum Gasteiger partial charge on any atom is -0.368 e. The number of rotatable bonds is 3. The van der Waals surface area contributed by atoms with E-state index >= 15 is 0 Å². The Bertz CT molecular complexity index is 922. The van der Waals surface area contributed by atoms with Crippen LogP contribution in [0.5, 0.6) is 0 Å². The Kier molecular flexibility index (Phi) is 5.13. The summed E-state index contributed by atoms with van der Waals surface area (Å²) in [6.45, 7) is 3.32. The highest BCUT2D eigenvalue weighted by Crippen LogP contribution is 2.25. The predicted octanol–water partition coefficient (Wildman–Crippen LogP) is 3.45. The lowest BCUT2D eigenvalue weighted by Crippen LogP contribution is -2.36. The SMILES string of the molecule is Cc1ccc(C(=O)N2CCc3ccc(NC(=O)[C@H]4CCCO4)cc3C2)cc1F. The van der Waals surface area contributed by atoms with Crippen molar-refractivity contribution in [3.05, 3.63) is 64.5 Å². The van der Waals surface area contributed by atoms with E-state index in [4.69, 9.17) is 4.74 Å². The van der Waals surface area contributed by atoms with Crippen molar-refractivity contribution in [2.75, 3.05) is 18.5 Å². The van der Waals surface area contributed by atoms with Crippen molar-refractivity contribution in [3.63, 3.8) is 0 Å². The second-order valence-electron chi connectivity index (χ2n) is 7.42. The molecule has 28 heavy (non-hydrogen) atoms. The zero-order chi connectivity index (χ0) is 19.7. The Labute approximate surface area is 163 Å². The van der Waals surface area contributed by atoms with Crippen LogP contribution in [0.2, 0.25) is 0 Å². The molecule has 2 aliphatic heterocycles. The number of amides is 2. The molecule has 2 aromatic carbocycles. The van der Waals surface area contributed by atoms with E-state index in [2.05, 4.69) is 5.32 Å². The molecule has 0 aromatic heterocycles. The number of nitrogens with zero attached hydrogens (tertiary/aromatic N) is 1. The van der Waals surface area contributed by atoms with Crippen LogP contribution in [0.25, 0.3) is 0 Å². The smallest absolute Gasteiger partial charge is 0.254 e. The van der Waals surface area contributed by atoms with Crippen molar-refractivity contribution in [1.82, 2.24) is 4.90 Å². The lowest BCUT2D eigenvalue weighted by Gasteiger charge is -2.29. The molecule has 146 valence electrons. The van der Waals surface area contributed by atoms with Crippen molar-refractivity contribution in [1.29, 1.82) is 0 Å². The lowest BCUT2D eigenvalue weighted by molar-refractivity contribution is -0.124. The Morgan fingerprint density at radius 3 is 2.79 bits per heavy atom. The molecule has 6 heteroatoms. The molecule has 0 unspecified atom stereocenters. The topological polar surface area (TPSA) is 58.6 Å². The summed E-state index contributed by atoms with van der Waals surface area (Å²) in [6, 6.07) is 10.4. The molecule has 0 radical (unpaired) electrons. The third-order valence-electron chi connectivity index (χ3n) is 5.41. The van der Waals surface area contributed by atoms with Crippen LogP contribution in [-0.2, 0) is 22.5 Å². The normalized spacial score (nSPS) is 18.6. The second-order valence-corrected chi connectivity index (χ2v) is 7.42. The maximum atomic E-state index is 13.8. The van der Waals surface area contributed by atoms with E-state index in [9.17, 15) is 14.0 Å². The highest BCUT2D eigenvalue weighted by atomic mass is 19.1. The van der Waals surface area contributed by atoms with Crippen LogP contribution in [0.15, 0.2) is 36.4 Å². The van der Waals surface area contributed by atoms with Crippen molar-refractivity contribution < 1.29 is 18.7 Å². The van der Waals surface area contributed by atoms with Gasteiger partial charge in [0, 0.05) is 30.9 Å². The van der Waals surface area contributed by atoms with Gasteiger partial charge in [-0.2, -0.15) is 0 Å². The van der Waals surface area contributed by atoms with E-state index in [0.717, 1.165) is 30.4 Å². The van der Waals surface area contributed by atoms with Crippen LogP contribution in [0, 0.1) is 12.7 Å². The number of carbonyl (C=O) groups is 2. The zero-order valence-corrected chi connectivity index (χ0v) is 15.8. The number of halogens is 1. The summed E-state index contributed by atoms with van der Waals surface area (Å²) in [7, 11) is 0. The van der Waals surface area contributed by atoms with Crippen LogP contribution in [-0.4, -0.2) is 36.0 Å². The number of hydrogen-bond acceptors (Lipinski definition) is 3. The van der Waals surface area contributed by atoms with E-state index < -0.39 is 0 Å². The molecule has 5 nitrogen and oxygen atoms in total. The molecule has 1 atom stereocenters. The van der Waals surface area contributed by atoms with E-state index in [1.54, 1.807) is 24.0 Å². The number of benzene rings is 2. The molecule has 0 aliphatic carbocycles. The number of ether oxygens (including phenoxy) is 1. The van der Waals surface area contributed by atoms with Crippen molar-refractivity contribution in [3.8, 4) is 0 Å². The number of aryl methyl sites for hydroxylation is 1. The number of hydrogen-bond donors (Lipinski definition) is 1. The van der Waals surface area contributed by atoms with Gasteiger partial charge in [0.25, 0.3) is 11.8 Å². The summed E-state index contributed by atoms with van der Waals surface area (Å²) in [6.07, 6.45) is 1.99. The van der Waals surface area contributed by atoms with Gasteiger partial charge in [-0.3, -0.25) is 9.59 Å². The Morgan fingerprint density at radius 1 is 1.18 bits per heavy atom. The minimum atomic E-state index is -0.384. The standard InChI is InChI=1S/C22H23FN2O3/c1-14-4-5-16(12-19(14)23)22(27)25-9-8-15-6-7-18(11-17(15)13-25)24-21(26)20-3-2-10-28-20/h4-7,11-12,20H,2-3,8-10,13H2,1H3,(H,24,26)/t20-/m1/s1. The summed E-state index contributed by atoms with van der Waals surface area (Å²) in [5, 5.41) is 2.91. The molecule has 2 heterocycles. The predicted molar refractivity (Wildman–Crippen MR) is 104 cm³/mol. The average molecular weight is 382 g/mol. The molecule has 2 aliphatic rings. The highest BCUT2D eigenvalue weighted by Gasteiger charge is 2.25. The van der Waals surface area contributed by atoms with E-state index in [-0.39, 0.29) is 23.7 Å². The van der Waals surface area contributed by atoms with Gasteiger partial charge in [0.05, 0.1) is 0 Å². The quantitative estimate of drug-likeness (QED) is 0.885. The fourth-order valence-corrected chi connectivity index (χ4v) is 3.72. The van der Waals surface area contributed by atoms with Crippen LogP contribution in [0.4, 0.5) is 10.1 Å². The third kappa shape index (κ3) is 3.78. The summed E-state index contributed by atoms with van der Waals surface area (Å²) < 4.78 is 19.2. The molecule has 4 rings (SSSR count). The van der Waals surface area contributed by atoms with Gasteiger partial charge < -0.3 is 15.0 Å². The fraction of sp³-hybridized carbons (Fsp3) is 0.364. The molecule has 1 N–H and O–H groups in total. The first kappa shape index (κ1) is 18.6. The summed E-state index contributed by atoms with van der Waals surface area (Å²) >= 11 is 0. The number of fused-ring (bicyclic) bond motifs is 1. The molecule has 0 bridgehead atoms. The third-order valence-corrected chi connectivity index (χ3v) is 5.41. The van der Waals surface area contributed by atoms with Gasteiger partial charge in [-0.05, 0) is 67.1 Å². The summed E-state index contributed by atoms with van der Waals surface area (Å²) in [5.74, 6) is -0.683. The van der Waals surface area contributed by atoms with Gasteiger partial charge >= 0.3 is 0 Å². The first-order chi connectivity index (χ1) is 13.5. The number of nitrogens with one attached hydrogen (secondary N) is 1. The van der Waals surface area contributed by atoms with Gasteiger partial charge in [0.2, 0.25) is 0 Å². The van der Waals surface area contributed by atoms with Gasteiger partial charge in [-0.15, -0.1) is 0 Å². The molecule has 0 saturated carbocycles. The molecule has 2 aromatic rings. The maximum Gasteiger partial charge on any atom is 0.254 e. The number of anilines is 1. The van der Waals surface area contributed by atoms with Gasteiger partial charge in [0.15, 0.2) is 0 Å². The van der Waals surface area contributed by atoms with Crippen LogP contribution in [0.3, 0.4) is 0 Å². The first-order valence-corrected chi connectivity index (χ1v) is 9.61. The van der Waals surface area contributed by atoms with Gasteiger partial charge in [-0.1, -0.05) is 12.1 Å². The largest absolute Gasteiger partial charge is 0.368 e. The van der Waals surface area contributed by atoms with Crippen molar-refractivity contribution >= 4 is 17.5 Å². The van der Waals surface area contributed by atoms with E-state index in [1.165, 1.54) is 6.07 Å². The highest BCUT2D eigenvalue weighted by molar-refractivity contribution is 5.95. The van der Waals surface area contributed by atoms with E-state index in [0.29, 0.717) is 36.5 Å². The zero-order valence-electron chi connectivity index (χ0n) is 15.8. The average Bonchev–Trinajstić information content (AvgIpc) is 3.24. The van der Waals surface area contributed by atoms with Gasteiger partial charge in [0.1, 0.15) is 11.9 Å². The van der Waals surface area contributed by atoms with Crippen LogP contribution < -0.4 is 5.32 Å². The first-order valence-electron chi connectivity index (χ1n) is 9.61. The Balaban J connectivity index is 1.48. The fourth-order valence-electron chi connectivity index (χ4n) is 3.72. The van der Waals surface area contributed by atoms with Crippen molar-refractivity contribution in [2.45, 2.75) is 38.8 Å². The molecular weight excluding hydrogens is 359 g/mol. The second kappa shape index (κ2) is 7.72. The van der Waals surface area contributed by atoms with Crippen LogP contribution in [0.1, 0.15) is 39.9 Å². The molecule has 0 spiro atoms. The summed E-state index contributed by atoms with van der Waals surface area (Å²) in [5.41, 5.74) is 3.74. The molecule has 2 amide bonds. The molecular formula is C22H23FN2O3. The van der Waals surface area contributed by atoms with Gasteiger partial charge in [-0.25, -0.2) is 4.39 Å². The van der Waals surface area contributed by atoms with Crippen LogP contribution >= 0.6 is 0 Å². The maximum absolute atomic E-state index is 13.8. The Hall–Kier alpha value is -2.73. The molecule has 1 saturated heterocycles.